The van der Waals surface area contributed by atoms with Crippen molar-refractivity contribution in [1.82, 2.24) is 9.55 Å². The van der Waals surface area contributed by atoms with Gasteiger partial charge >= 0.3 is 5.97 Å². The van der Waals surface area contributed by atoms with E-state index < -0.39 is 12.0 Å². The fraction of sp³-hybridized carbons (Fsp3) is 0.227. The average Bonchev–Trinajstić information content (AvgIpc) is 3.17. The number of aliphatic carboxylic acids is 1. The van der Waals surface area contributed by atoms with Crippen molar-refractivity contribution >= 4 is 11.8 Å². The molecule has 0 aliphatic carbocycles. The van der Waals surface area contributed by atoms with E-state index in [1.165, 1.54) is 4.57 Å². The smallest absolute Gasteiger partial charge is 0.326 e. The summed E-state index contributed by atoms with van der Waals surface area (Å²) in [4.78, 5) is 28.7. The number of carboxylic acid groups (broad SMARTS) is 1. The molecule has 6 nitrogen and oxygen atoms in total. The first-order valence-corrected chi connectivity index (χ1v) is 9.27. The number of aryl methyl sites for hydroxylation is 1. The van der Waals surface area contributed by atoms with Gasteiger partial charge in [0.05, 0.1) is 5.69 Å². The number of anilines is 1. The van der Waals surface area contributed by atoms with Crippen LogP contribution in [0.3, 0.4) is 0 Å². The van der Waals surface area contributed by atoms with E-state index >= 15 is 0 Å². The number of rotatable bonds is 5. The van der Waals surface area contributed by atoms with E-state index in [1.807, 2.05) is 43.3 Å². The van der Waals surface area contributed by atoms with Crippen LogP contribution in [-0.2, 0) is 17.8 Å². The Morgan fingerprint density at radius 1 is 1.18 bits per heavy atom. The molecule has 6 heteroatoms. The van der Waals surface area contributed by atoms with E-state index in [4.69, 9.17) is 0 Å². The number of nitrogens with zero attached hydrogens (tertiary/aromatic N) is 2. The lowest BCUT2D eigenvalue weighted by Gasteiger charge is -2.14. The molecule has 0 saturated heterocycles. The molecule has 2 aromatic carbocycles. The van der Waals surface area contributed by atoms with Crippen molar-refractivity contribution in [2.45, 2.75) is 32.4 Å². The number of fused-ring (bicyclic) bond motifs is 1. The molecule has 0 radical (unpaired) electrons. The van der Waals surface area contributed by atoms with Gasteiger partial charge in [-0.3, -0.25) is 9.36 Å². The molecule has 0 spiro atoms. The summed E-state index contributed by atoms with van der Waals surface area (Å²) in [6.45, 7) is 2.25. The molecule has 2 heterocycles. The number of hydrogen-bond acceptors (Lipinski definition) is 4. The van der Waals surface area contributed by atoms with Crippen LogP contribution in [0.5, 0.6) is 0 Å². The largest absolute Gasteiger partial charge is 0.480 e. The Hall–Kier alpha value is -3.41. The number of carboxylic acids is 1. The predicted octanol–water partition coefficient (Wildman–Crippen LogP) is 3.40. The maximum Gasteiger partial charge on any atom is 0.326 e. The zero-order chi connectivity index (χ0) is 19.7. The average molecular weight is 375 g/mol. The van der Waals surface area contributed by atoms with E-state index in [9.17, 15) is 14.7 Å². The maximum atomic E-state index is 12.8. The molecule has 1 aliphatic rings. The first kappa shape index (κ1) is 18.0. The van der Waals surface area contributed by atoms with Gasteiger partial charge in [0.15, 0.2) is 5.82 Å². The van der Waals surface area contributed by atoms with Crippen LogP contribution in [0.4, 0.5) is 5.82 Å². The van der Waals surface area contributed by atoms with E-state index in [1.54, 1.807) is 0 Å². The topological polar surface area (TPSA) is 84.2 Å². The van der Waals surface area contributed by atoms with Crippen LogP contribution in [0.15, 0.2) is 59.4 Å². The van der Waals surface area contributed by atoms with Gasteiger partial charge in [-0.15, -0.1) is 0 Å². The third-order valence-electron chi connectivity index (χ3n) is 5.15. The lowest BCUT2D eigenvalue weighted by molar-refractivity contribution is -0.140. The normalized spacial score (nSPS) is 15.2. The third-order valence-corrected chi connectivity index (χ3v) is 5.15. The second-order valence-electron chi connectivity index (χ2n) is 6.98. The predicted molar refractivity (Wildman–Crippen MR) is 107 cm³/mol. The van der Waals surface area contributed by atoms with Crippen LogP contribution in [0.2, 0.25) is 0 Å². The van der Waals surface area contributed by atoms with Crippen LogP contribution in [0, 0.1) is 6.92 Å². The molecule has 3 aromatic rings. The SMILES string of the molecule is Cc1nc(NCc2cccc(-c3ccccc3)c2)c(=O)n2c1CCC2C(=O)O. The number of carbonyl (C=O) groups is 1. The van der Waals surface area contributed by atoms with Crippen molar-refractivity contribution in [2.75, 3.05) is 5.32 Å². The molecule has 0 amide bonds. The quantitative estimate of drug-likeness (QED) is 0.714. The third kappa shape index (κ3) is 3.29. The second-order valence-corrected chi connectivity index (χ2v) is 6.98. The van der Waals surface area contributed by atoms with Gasteiger partial charge < -0.3 is 10.4 Å². The van der Waals surface area contributed by atoms with Gasteiger partial charge in [0.2, 0.25) is 0 Å². The highest BCUT2D eigenvalue weighted by atomic mass is 16.4. The van der Waals surface area contributed by atoms with Crippen molar-refractivity contribution < 1.29 is 9.90 Å². The highest BCUT2D eigenvalue weighted by molar-refractivity contribution is 5.73. The van der Waals surface area contributed by atoms with Crippen molar-refractivity contribution in [3.63, 3.8) is 0 Å². The van der Waals surface area contributed by atoms with Crippen LogP contribution < -0.4 is 10.9 Å². The zero-order valence-electron chi connectivity index (χ0n) is 15.6. The molecular weight excluding hydrogens is 354 g/mol. The van der Waals surface area contributed by atoms with Crippen molar-refractivity contribution in [2.24, 2.45) is 0 Å². The summed E-state index contributed by atoms with van der Waals surface area (Å²) in [7, 11) is 0. The summed E-state index contributed by atoms with van der Waals surface area (Å²) in [6, 6.07) is 17.3. The molecular formula is C22H21N3O3. The van der Waals surface area contributed by atoms with Crippen LogP contribution in [-0.4, -0.2) is 20.6 Å². The number of nitrogens with one attached hydrogen (secondary N) is 1. The number of hydrogen-bond donors (Lipinski definition) is 2. The molecule has 0 bridgehead atoms. The number of benzene rings is 2. The highest BCUT2D eigenvalue weighted by Crippen LogP contribution is 2.26. The molecule has 0 fully saturated rings. The molecule has 1 atom stereocenters. The van der Waals surface area contributed by atoms with Gasteiger partial charge in [-0.25, -0.2) is 9.78 Å². The summed E-state index contributed by atoms with van der Waals surface area (Å²) in [5.74, 6) is -0.785. The van der Waals surface area contributed by atoms with Gasteiger partial charge in [-0.2, -0.15) is 0 Å². The van der Waals surface area contributed by atoms with E-state index in [0.717, 1.165) is 16.7 Å². The van der Waals surface area contributed by atoms with Gasteiger partial charge in [0, 0.05) is 12.2 Å². The molecule has 1 aromatic heterocycles. The zero-order valence-corrected chi connectivity index (χ0v) is 15.6. The van der Waals surface area contributed by atoms with Gasteiger partial charge in [0.25, 0.3) is 5.56 Å². The minimum atomic E-state index is -0.979. The Morgan fingerprint density at radius 2 is 1.93 bits per heavy atom. The van der Waals surface area contributed by atoms with E-state index in [0.29, 0.717) is 30.8 Å². The Morgan fingerprint density at radius 3 is 2.68 bits per heavy atom. The fourth-order valence-electron chi connectivity index (χ4n) is 3.75. The molecule has 0 saturated carbocycles. The van der Waals surface area contributed by atoms with Crippen LogP contribution in [0.1, 0.15) is 29.4 Å². The Bertz CT molecular complexity index is 1090. The summed E-state index contributed by atoms with van der Waals surface area (Å²) in [6.07, 6.45) is 0.986. The van der Waals surface area contributed by atoms with Gasteiger partial charge in [0.1, 0.15) is 6.04 Å². The molecule has 28 heavy (non-hydrogen) atoms. The monoisotopic (exact) mass is 375 g/mol. The molecule has 1 aliphatic heterocycles. The minimum absolute atomic E-state index is 0.194. The van der Waals surface area contributed by atoms with Gasteiger partial charge in [-0.05, 0) is 42.5 Å². The second kappa shape index (κ2) is 7.31. The minimum Gasteiger partial charge on any atom is -0.480 e. The van der Waals surface area contributed by atoms with E-state index in [2.05, 4.69) is 28.5 Å². The summed E-state index contributed by atoms with van der Waals surface area (Å²) in [5, 5.41) is 12.5. The summed E-state index contributed by atoms with van der Waals surface area (Å²) < 4.78 is 1.38. The lowest BCUT2D eigenvalue weighted by atomic mass is 10.0. The number of aromatic nitrogens is 2. The maximum absolute atomic E-state index is 12.8. The first-order chi connectivity index (χ1) is 13.5. The molecule has 142 valence electrons. The highest BCUT2D eigenvalue weighted by Gasteiger charge is 2.31. The lowest BCUT2D eigenvalue weighted by Crippen LogP contribution is -2.31. The first-order valence-electron chi connectivity index (χ1n) is 9.27. The Labute approximate surface area is 162 Å². The Kier molecular flexibility index (Phi) is 4.69. The standard InChI is InChI=1S/C22H21N3O3/c1-14-18-10-11-19(22(27)28)25(18)21(26)20(24-14)23-13-15-6-5-9-17(12-15)16-7-3-2-4-8-16/h2-9,12,19H,10-11,13H2,1H3,(H,23,24)(H,27,28). The van der Waals surface area contributed by atoms with E-state index in [-0.39, 0.29) is 11.4 Å². The van der Waals surface area contributed by atoms with Crippen molar-refractivity contribution in [1.29, 1.82) is 0 Å². The van der Waals surface area contributed by atoms with Gasteiger partial charge in [-0.1, -0.05) is 48.5 Å². The molecule has 4 rings (SSSR count). The summed E-state index contributed by atoms with van der Waals surface area (Å²) >= 11 is 0. The molecule has 2 N–H and O–H groups in total. The van der Waals surface area contributed by atoms with Crippen LogP contribution in [0.25, 0.3) is 11.1 Å². The fourth-order valence-corrected chi connectivity index (χ4v) is 3.75. The summed E-state index contributed by atoms with van der Waals surface area (Å²) in [5.41, 5.74) is 4.28. The van der Waals surface area contributed by atoms with Crippen molar-refractivity contribution in [3.05, 3.63) is 81.9 Å². The Balaban J connectivity index is 1.60. The van der Waals surface area contributed by atoms with Crippen molar-refractivity contribution in [3.8, 4) is 11.1 Å². The molecule has 1 unspecified atom stereocenters. The van der Waals surface area contributed by atoms with Crippen LogP contribution >= 0.6 is 0 Å².